The summed E-state index contributed by atoms with van der Waals surface area (Å²) in [6.45, 7) is 4.27. The van der Waals surface area contributed by atoms with Crippen LogP contribution in [0.5, 0.6) is 0 Å². The molecule has 1 saturated carbocycles. The van der Waals surface area contributed by atoms with Crippen LogP contribution in [0.2, 0.25) is 0 Å². The SMILES string of the molecule is CC1CCN(c2nnc(SCC(=O)Nc3ccc([N+](=O)[O-])cc3Br)n2C2CC2)CC1. The first-order chi connectivity index (χ1) is 14.4. The number of piperidine rings is 1. The minimum absolute atomic E-state index is 0.0357. The van der Waals surface area contributed by atoms with Crippen LogP contribution < -0.4 is 10.2 Å². The number of hydrogen-bond acceptors (Lipinski definition) is 7. The quantitative estimate of drug-likeness (QED) is 0.348. The van der Waals surface area contributed by atoms with Gasteiger partial charge in [-0.2, -0.15) is 0 Å². The van der Waals surface area contributed by atoms with Crippen molar-refractivity contribution in [2.24, 2.45) is 5.92 Å². The fourth-order valence-corrected chi connectivity index (χ4v) is 4.75. The number of carbonyl (C=O) groups is 1. The molecular formula is C19H23BrN6O3S. The van der Waals surface area contributed by atoms with Crippen molar-refractivity contribution in [2.75, 3.05) is 29.1 Å². The van der Waals surface area contributed by atoms with Crippen molar-refractivity contribution in [2.45, 2.75) is 43.8 Å². The molecule has 0 bridgehead atoms. The summed E-state index contributed by atoms with van der Waals surface area (Å²) < 4.78 is 2.66. The van der Waals surface area contributed by atoms with Gasteiger partial charge >= 0.3 is 0 Å². The molecule has 0 spiro atoms. The highest BCUT2D eigenvalue weighted by molar-refractivity contribution is 9.10. The van der Waals surface area contributed by atoms with Crippen LogP contribution in [0.4, 0.5) is 17.3 Å². The molecule has 9 nitrogen and oxygen atoms in total. The zero-order chi connectivity index (χ0) is 21.3. The van der Waals surface area contributed by atoms with E-state index in [2.05, 4.69) is 47.8 Å². The number of nitrogens with zero attached hydrogens (tertiary/aromatic N) is 5. The molecule has 0 atom stereocenters. The predicted octanol–water partition coefficient (Wildman–Crippen LogP) is 4.25. The minimum atomic E-state index is -0.475. The van der Waals surface area contributed by atoms with Crippen molar-refractivity contribution in [1.82, 2.24) is 14.8 Å². The molecule has 1 aromatic heterocycles. The number of nitro groups is 1. The maximum Gasteiger partial charge on any atom is 0.270 e. The van der Waals surface area contributed by atoms with E-state index in [0.717, 1.165) is 55.8 Å². The Kier molecular flexibility index (Phi) is 6.28. The molecule has 1 aromatic carbocycles. The van der Waals surface area contributed by atoms with Crippen LogP contribution in [0.3, 0.4) is 0 Å². The van der Waals surface area contributed by atoms with Gasteiger partial charge in [-0.1, -0.05) is 18.7 Å². The third kappa shape index (κ3) is 4.77. The molecule has 160 valence electrons. The zero-order valence-corrected chi connectivity index (χ0v) is 19.0. The largest absolute Gasteiger partial charge is 0.341 e. The number of thioether (sulfide) groups is 1. The van der Waals surface area contributed by atoms with Crippen LogP contribution in [0, 0.1) is 16.0 Å². The summed E-state index contributed by atoms with van der Waals surface area (Å²) >= 11 is 4.64. The van der Waals surface area contributed by atoms with E-state index in [9.17, 15) is 14.9 Å². The molecule has 2 aliphatic rings. The van der Waals surface area contributed by atoms with Crippen LogP contribution in [-0.2, 0) is 4.79 Å². The fraction of sp³-hybridized carbons (Fsp3) is 0.526. The maximum absolute atomic E-state index is 12.4. The summed E-state index contributed by atoms with van der Waals surface area (Å²) in [6.07, 6.45) is 4.55. The Morgan fingerprint density at radius 3 is 2.67 bits per heavy atom. The number of carbonyl (C=O) groups excluding carboxylic acids is 1. The van der Waals surface area contributed by atoms with Crippen LogP contribution in [0.15, 0.2) is 27.8 Å². The first-order valence-electron chi connectivity index (χ1n) is 9.99. The van der Waals surface area contributed by atoms with E-state index in [1.165, 1.54) is 30.0 Å². The smallest absolute Gasteiger partial charge is 0.270 e. The van der Waals surface area contributed by atoms with Gasteiger partial charge < -0.3 is 10.2 Å². The first-order valence-corrected chi connectivity index (χ1v) is 11.8. The molecular weight excluding hydrogens is 472 g/mol. The second-order valence-electron chi connectivity index (χ2n) is 7.81. The molecule has 0 unspecified atom stereocenters. The maximum atomic E-state index is 12.4. The third-order valence-electron chi connectivity index (χ3n) is 5.39. The second kappa shape index (κ2) is 8.93. The molecule has 1 amide bonds. The summed E-state index contributed by atoms with van der Waals surface area (Å²) in [5, 5.41) is 23.2. The number of aromatic nitrogens is 3. The number of nitro benzene ring substituents is 1. The molecule has 2 fully saturated rings. The van der Waals surface area contributed by atoms with Gasteiger partial charge in [0.1, 0.15) is 0 Å². The molecule has 1 saturated heterocycles. The fourth-order valence-electron chi connectivity index (χ4n) is 3.48. The number of amides is 1. The van der Waals surface area contributed by atoms with Gasteiger partial charge in [0.25, 0.3) is 5.69 Å². The van der Waals surface area contributed by atoms with Crippen molar-refractivity contribution in [3.63, 3.8) is 0 Å². The topological polar surface area (TPSA) is 106 Å². The number of non-ortho nitro benzene ring substituents is 1. The first kappa shape index (κ1) is 21.1. The Labute approximate surface area is 186 Å². The standard InChI is InChI=1S/C19H23BrN6O3S/c1-12-6-8-24(9-7-12)18-22-23-19(25(18)13-2-3-13)30-11-17(27)21-16-5-4-14(26(28)29)10-15(16)20/h4-5,10,12-13H,2-3,6-9,11H2,1H3,(H,21,27). The van der Waals surface area contributed by atoms with Crippen LogP contribution in [0.25, 0.3) is 0 Å². The highest BCUT2D eigenvalue weighted by atomic mass is 79.9. The van der Waals surface area contributed by atoms with Gasteiger partial charge in [-0.15, -0.1) is 10.2 Å². The summed E-state index contributed by atoms with van der Waals surface area (Å²) in [4.78, 5) is 25.1. The van der Waals surface area contributed by atoms with Crippen LogP contribution in [0.1, 0.15) is 38.6 Å². The minimum Gasteiger partial charge on any atom is -0.341 e. The van der Waals surface area contributed by atoms with E-state index in [4.69, 9.17) is 0 Å². The van der Waals surface area contributed by atoms with Crippen LogP contribution in [-0.4, -0.2) is 44.4 Å². The van der Waals surface area contributed by atoms with Crippen molar-refractivity contribution in [3.05, 3.63) is 32.8 Å². The Morgan fingerprint density at radius 2 is 2.03 bits per heavy atom. The molecule has 0 radical (unpaired) electrons. The number of hydrogen-bond donors (Lipinski definition) is 1. The Morgan fingerprint density at radius 1 is 1.30 bits per heavy atom. The van der Waals surface area contributed by atoms with Crippen molar-refractivity contribution in [1.29, 1.82) is 0 Å². The van der Waals surface area contributed by atoms with Gasteiger partial charge in [0.15, 0.2) is 5.16 Å². The average molecular weight is 495 g/mol. The predicted molar refractivity (Wildman–Crippen MR) is 119 cm³/mol. The van der Waals surface area contributed by atoms with E-state index in [0.29, 0.717) is 16.2 Å². The van der Waals surface area contributed by atoms with E-state index in [1.54, 1.807) is 0 Å². The van der Waals surface area contributed by atoms with Crippen LogP contribution >= 0.6 is 27.7 Å². The van der Waals surface area contributed by atoms with Gasteiger partial charge in [0, 0.05) is 35.7 Å². The molecule has 11 heteroatoms. The second-order valence-corrected chi connectivity index (χ2v) is 9.61. The lowest BCUT2D eigenvalue weighted by Gasteiger charge is -2.31. The van der Waals surface area contributed by atoms with E-state index in [-0.39, 0.29) is 17.3 Å². The zero-order valence-electron chi connectivity index (χ0n) is 16.6. The average Bonchev–Trinajstić information content (AvgIpc) is 3.47. The summed E-state index contributed by atoms with van der Waals surface area (Å²) in [6, 6.07) is 4.68. The Hall–Kier alpha value is -2.14. The van der Waals surface area contributed by atoms with Gasteiger partial charge in [-0.25, -0.2) is 0 Å². The number of anilines is 2. The van der Waals surface area contributed by atoms with Gasteiger partial charge in [-0.3, -0.25) is 19.5 Å². The third-order valence-corrected chi connectivity index (χ3v) is 6.99. The molecule has 30 heavy (non-hydrogen) atoms. The lowest BCUT2D eigenvalue weighted by molar-refractivity contribution is -0.384. The van der Waals surface area contributed by atoms with Gasteiger partial charge in [0.2, 0.25) is 11.9 Å². The van der Waals surface area contributed by atoms with Gasteiger partial charge in [0.05, 0.1) is 16.4 Å². The molecule has 2 heterocycles. The normalized spacial score (nSPS) is 17.2. The lowest BCUT2D eigenvalue weighted by Crippen LogP contribution is -2.34. The molecule has 4 rings (SSSR count). The lowest BCUT2D eigenvalue weighted by atomic mass is 10.00. The molecule has 2 aromatic rings. The van der Waals surface area contributed by atoms with Crippen molar-refractivity contribution >= 4 is 50.9 Å². The molecule has 1 aliphatic heterocycles. The Balaban J connectivity index is 1.40. The monoisotopic (exact) mass is 494 g/mol. The van der Waals surface area contributed by atoms with E-state index >= 15 is 0 Å². The van der Waals surface area contributed by atoms with Gasteiger partial charge in [-0.05, 0) is 53.6 Å². The van der Waals surface area contributed by atoms with E-state index < -0.39 is 4.92 Å². The number of halogens is 1. The van der Waals surface area contributed by atoms with Crippen molar-refractivity contribution < 1.29 is 9.72 Å². The Bertz CT molecular complexity index is 956. The molecule has 1 aliphatic carbocycles. The van der Waals surface area contributed by atoms with E-state index in [1.807, 2.05) is 0 Å². The number of nitrogens with one attached hydrogen (secondary N) is 1. The highest BCUT2D eigenvalue weighted by Gasteiger charge is 2.32. The van der Waals surface area contributed by atoms with Crippen molar-refractivity contribution in [3.8, 4) is 0 Å². The summed E-state index contributed by atoms with van der Waals surface area (Å²) in [5.74, 6) is 1.65. The number of benzene rings is 1. The number of rotatable bonds is 7. The summed E-state index contributed by atoms with van der Waals surface area (Å²) in [5.41, 5.74) is 0.462. The molecule has 1 N–H and O–H groups in total. The summed E-state index contributed by atoms with van der Waals surface area (Å²) in [7, 11) is 0. The highest BCUT2D eigenvalue weighted by Crippen LogP contribution is 2.41.